The Morgan fingerprint density at radius 2 is 1.94 bits per heavy atom. The normalized spacial score (nSPS) is 15.3. The maximum absolute atomic E-state index is 14.5. The van der Waals surface area contributed by atoms with Gasteiger partial charge in [0.15, 0.2) is 0 Å². The largest absolute Gasteiger partial charge is 0.349 e. The molecule has 0 saturated heterocycles. The van der Waals surface area contributed by atoms with E-state index in [2.05, 4.69) is 42.3 Å². The summed E-state index contributed by atoms with van der Waals surface area (Å²) < 4.78 is 28.6. The van der Waals surface area contributed by atoms with Gasteiger partial charge in [0.25, 0.3) is 5.91 Å². The maximum Gasteiger partial charge on any atom is 0.256 e. The molecular weight excluding hydrogens is 452 g/mol. The number of pyridine rings is 1. The first-order valence-corrected chi connectivity index (χ1v) is 11.7. The van der Waals surface area contributed by atoms with E-state index in [9.17, 15) is 13.6 Å². The van der Waals surface area contributed by atoms with Crippen LogP contribution in [0.2, 0.25) is 0 Å². The number of rotatable bonds is 7. The molecule has 0 unspecified atom stereocenters. The number of halogens is 2. The van der Waals surface area contributed by atoms with Crippen LogP contribution in [-0.2, 0) is 18.6 Å². The van der Waals surface area contributed by atoms with Crippen LogP contribution in [-0.4, -0.2) is 33.4 Å². The van der Waals surface area contributed by atoms with Crippen molar-refractivity contribution in [2.75, 3.05) is 17.2 Å². The Morgan fingerprint density at radius 3 is 2.71 bits per heavy atom. The highest BCUT2D eigenvalue weighted by Gasteiger charge is 2.27. The van der Waals surface area contributed by atoms with Crippen molar-refractivity contribution in [1.82, 2.24) is 25.6 Å². The third-order valence-corrected chi connectivity index (χ3v) is 5.95. The van der Waals surface area contributed by atoms with Crippen LogP contribution in [0.3, 0.4) is 0 Å². The van der Waals surface area contributed by atoms with Crippen LogP contribution >= 0.6 is 0 Å². The van der Waals surface area contributed by atoms with E-state index in [0.29, 0.717) is 0 Å². The van der Waals surface area contributed by atoms with Gasteiger partial charge in [-0.3, -0.25) is 4.79 Å². The van der Waals surface area contributed by atoms with Crippen LogP contribution < -0.4 is 21.3 Å². The first-order chi connectivity index (χ1) is 16.8. The van der Waals surface area contributed by atoms with E-state index in [1.54, 1.807) is 0 Å². The number of hydrogen-bond acceptors (Lipinski definition) is 7. The van der Waals surface area contributed by atoms with Gasteiger partial charge in [0.2, 0.25) is 5.95 Å². The monoisotopic (exact) mass is 479 g/mol. The summed E-state index contributed by atoms with van der Waals surface area (Å²) in [7, 11) is 0. The highest BCUT2D eigenvalue weighted by atomic mass is 19.1. The lowest BCUT2D eigenvalue weighted by Gasteiger charge is -2.18. The molecule has 4 N–H and O–H groups in total. The van der Waals surface area contributed by atoms with Crippen molar-refractivity contribution < 1.29 is 13.6 Å². The summed E-state index contributed by atoms with van der Waals surface area (Å²) in [5, 5.41) is 12.4. The number of amides is 1. The molecule has 1 amide bonds. The van der Waals surface area contributed by atoms with Crippen molar-refractivity contribution in [3.63, 3.8) is 0 Å². The molecule has 0 spiro atoms. The standard InChI is InChI=1S/C25H27F2N7O/c1-25(2,27)21-19(26)7-8-20(32-21)33-22-18(23(35)30-16-5-6-16)13-29-24(34-22)31-17-4-3-14-9-10-28-12-15(14)11-17/h3-4,7-8,11,13,16,28H,5-6,9-10,12H2,1-2H3,(H,30,35)(H2,29,31,32,33,34). The second-order valence-corrected chi connectivity index (χ2v) is 9.36. The van der Waals surface area contributed by atoms with Crippen LogP contribution in [0, 0.1) is 5.82 Å². The van der Waals surface area contributed by atoms with Gasteiger partial charge in [-0.15, -0.1) is 0 Å². The number of hydrogen-bond donors (Lipinski definition) is 4. The van der Waals surface area contributed by atoms with Crippen molar-refractivity contribution in [2.45, 2.75) is 51.4 Å². The Bertz CT molecular complexity index is 1270. The minimum absolute atomic E-state index is 0.139. The van der Waals surface area contributed by atoms with Crippen LogP contribution in [0.25, 0.3) is 0 Å². The molecule has 0 bridgehead atoms. The molecule has 10 heteroatoms. The lowest BCUT2D eigenvalue weighted by atomic mass is 10.0. The van der Waals surface area contributed by atoms with Crippen LogP contribution in [0.4, 0.5) is 32.1 Å². The first-order valence-electron chi connectivity index (χ1n) is 11.7. The predicted octanol–water partition coefficient (Wildman–Crippen LogP) is 4.24. The lowest BCUT2D eigenvalue weighted by Crippen LogP contribution is -2.27. The van der Waals surface area contributed by atoms with E-state index in [-0.39, 0.29) is 40.8 Å². The zero-order chi connectivity index (χ0) is 24.6. The summed E-state index contributed by atoms with van der Waals surface area (Å²) >= 11 is 0. The molecule has 5 rings (SSSR count). The molecule has 2 aliphatic rings. The summed E-state index contributed by atoms with van der Waals surface area (Å²) in [5.74, 6) is -0.456. The summed E-state index contributed by atoms with van der Waals surface area (Å²) in [6, 6.07) is 8.74. The van der Waals surface area contributed by atoms with Gasteiger partial charge in [0.05, 0.1) is 0 Å². The van der Waals surface area contributed by atoms with Gasteiger partial charge >= 0.3 is 0 Å². The summed E-state index contributed by atoms with van der Waals surface area (Å²) in [5.41, 5.74) is 1.23. The highest BCUT2D eigenvalue weighted by molar-refractivity contribution is 5.99. The Kier molecular flexibility index (Phi) is 6.06. The van der Waals surface area contributed by atoms with Crippen molar-refractivity contribution in [3.8, 4) is 0 Å². The summed E-state index contributed by atoms with van der Waals surface area (Å²) in [4.78, 5) is 25.7. The average molecular weight is 480 g/mol. The van der Waals surface area contributed by atoms with Crippen LogP contribution in [0.1, 0.15) is 53.9 Å². The minimum Gasteiger partial charge on any atom is -0.349 e. The molecule has 1 aliphatic heterocycles. The van der Waals surface area contributed by atoms with Gasteiger partial charge < -0.3 is 21.3 Å². The predicted molar refractivity (Wildman–Crippen MR) is 129 cm³/mol. The number of carbonyl (C=O) groups is 1. The van der Waals surface area contributed by atoms with Crippen LogP contribution in [0.15, 0.2) is 36.5 Å². The van der Waals surface area contributed by atoms with E-state index in [4.69, 9.17) is 0 Å². The maximum atomic E-state index is 14.5. The molecule has 0 atom stereocenters. The lowest BCUT2D eigenvalue weighted by molar-refractivity contribution is 0.0951. The van der Waals surface area contributed by atoms with E-state index in [0.717, 1.165) is 44.1 Å². The van der Waals surface area contributed by atoms with Crippen LogP contribution in [0.5, 0.6) is 0 Å². The molecular formula is C25H27F2N7O. The summed E-state index contributed by atoms with van der Waals surface area (Å²) in [6.07, 6.45) is 4.26. The van der Waals surface area contributed by atoms with Gasteiger partial charge in [0.1, 0.15) is 34.4 Å². The van der Waals surface area contributed by atoms with E-state index < -0.39 is 11.5 Å². The second kappa shape index (κ2) is 9.18. The highest BCUT2D eigenvalue weighted by Crippen LogP contribution is 2.29. The quantitative estimate of drug-likeness (QED) is 0.402. The molecule has 1 fully saturated rings. The second-order valence-electron chi connectivity index (χ2n) is 9.36. The number of nitrogens with one attached hydrogen (secondary N) is 4. The molecule has 2 aromatic heterocycles. The number of anilines is 4. The van der Waals surface area contributed by atoms with Crippen molar-refractivity contribution in [3.05, 3.63) is 64.7 Å². The van der Waals surface area contributed by atoms with Gasteiger partial charge in [-0.1, -0.05) is 6.07 Å². The third-order valence-electron chi connectivity index (χ3n) is 5.95. The van der Waals surface area contributed by atoms with Gasteiger partial charge in [-0.25, -0.2) is 18.7 Å². The number of carbonyl (C=O) groups excluding carboxylic acids is 1. The Morgan fingerprint density at radius 1 is 1.11 bits per heavy atom. The minimum atomic E-state index is -1.98. The number of fused-ring (bicyclic) bond motifs is 1. The van der Waals surface area contributed by atoms with E-state index in [1.807, 2.05) is 12.1 Å². The molecule has 3 heterocycles. The van der Waals surface area contributed by atoms with Gasteiger partial charge in [0, 0.05) is 24.5 Å². The summed E-state index contributed by atoms with van der Waals surface area (Å²) in [6.45, 7) is 4.22. The van der Waals surface area contributed by atoms with Crippen molar-refractivity contribution in [1.29, 1.82) is 0 Å². The molecule has 0 radical (unpaired) electrons. The molecule has 35 heavy (non-hydrogen) atoms. The Labute approximate surface area is 202 Å². The third kappa shape index (κ3) is 5.37. The number of nitrogens with zero attached hydrogens (tertiary/aromatic N) is 3. The Balaban J connectivity index is 1.45. The molecule has 1 aliphatic carbocycles. The molecule has 1 aromatic carbocycles. The molecule has 8 nitrogen and oxygen atoms in total. The van der Waals surface area contributed by atoms with Gasteiger partial charge in [-0.05, 0) is 75.0 Å². The topological polar surface area (TPSA) is 104 Å². The van der Waals surface area contributed by atoms with E-state index in [1.165, 1.54) is 37.2 Å². The molecule has 3 aromatic rings. The smallest absolute Gasteiger partial charge is 0.256 e. The zero-order valence-electron chi connectivity index (χ0n) is 19.6. The fraction of sp³-hybridized carbons (Fsp3) is 0.360. The van der Waals surface area contributed by atoms with Crippen molar-refractivity contribution in [2.24, 2.45) is 0 Å². The average Bonchev–Trinajstić information content (AvgIpc) is 3.63. The first kappa shape index (κ1) is 23.1. The number of benzene rings is 1. The number of alkyl halides is 1. The fourth-order valence-electron chi connectivity index (χ4n) is 3.93. The molecule has 1 saturated carbocycles. The fourth-order valence-corrected chi connectivity index (χ4v) is 3.93. The zero-order valence-corrected chi connectivity index (χ0v) is 19.6. The van der Waals surface area contributed by atoms with Gasteiger partial charge in [-0.2, -0.15) is 4.98 Å². The van der Waals surface area contributed by atoms with E-state index >= 15 is 0 Å². The number of aromatic nitrogens is 3. The molecule has 182 valence electrons. The SMILES string of the molecule is CC(C)(F)c1nc(Nc2nc(Nc3ccc4c(c3)CNCC4)ncc2C(=O)NC2CC2)ccc1F. The van der Waals surface area contributed by atoms with Crippen molar-refractivity contribution >= 4 is 29.2 Å². The Hall–Kier alpha value is -3.66.